The number of benzene rings is 1. The molecule has 16 heavy (non-hydrogen) atoms. The number of Topliss-reactive ketones (excluding diaryl/α,β-unsaturated/α-hetero) is 1. The fourth-order valence-electron chi connectivity index (χ4n) is 1.72. The fourth-order valence-corrected chi connectivity index (χ4v) is 1.77. The lowest BCUT2D eigenvalue weighted by molar-refractivity contribution is -0.113. The third kappa shape index (κ3) is 2.09. The molecule has 0 saturated heterocycles. The summed E-state index contributed by atoms with van der Waals surface area (Å²) in [5.41, 5.74) is 10.1. The summed E-state index contributed by atoms with van der Waals surface area (Å²) < 4.78 is 0. The van der Waals surface area contributed by atoms with Crippen LogP contribution in [0.2, 0.25) is 0 Å². The molecule has 0 amide bonds. The highest BCUT2D eigenvalue weighted by atomic mass is 32.1. The Morgan fingerprint density at radius 3 is 2.88 bits per heavy atom. The van der Waals surface area contributed by atoms with Gasteiger partial charge in [0.2, 0.25) is 0 Å². The highest BCUT2D eigenvalue weighted by molar-refractivity contribution is 7.80. The molecule has 0 atom stereocenters. The minimum Gasteiger partial charge on any atom is -0.375 e. The van der Waals surface area contributed by atoms with Crippen molar-refractivity contribution in [2.24, 2.45) is 10.8 Å². The maximum absolute atomic E-state index is 11.7. The van der Waals surface area contributed by atoms with E-state index in [0.717, 1.165) is 17.5 Å². The number of aryl methyl sites for hydroxylation is 1. The first-order valence-electron chi connectivity index (χ1n) is 4.93. The molecule has 0 spiro atoms. The highest BCUT2D eigenvalue weighted by Crippen LogP contribution is 2.18. The van der Waals surface area contributed by atoms with Gasteiger partial charge in [-0.15, -0.1) is 0 Å². The van der Waals surface area contributed by atoms with E-state index in [1.165, 1.54) is 0 Å². The number of nitrogens with zero attached hydrogens (tertiary/aromatic N) is 1. The van der Waals surface area contributed by atoms with E-state index < -0.39 is 0 Å². The van der Waals surface area contributed by atoms with Gasteiger partial charge in [-0.25, -0.2) is 0 Å². The Bertz CT molecular complexity index is 482. The number of carbonyl (C=O) groups excluding carboxylic acids is 1. The molecule has 82 valence electrons. The summed E-state index contributed by atoms with van der Waals surface area (Å²) in [4.78, 5) is 11.7. The lowest BCUT2D eigenvalue weighted by Gasteiger charge is -2.16. The molecule has 4 nitrogen and oxygen atoms in total. The lowest BCUT2D eigenvalue weighted by Crippen LogP contribution is -2.30. The van der Waals surface area contributed by atoms with E-state index in [4.69, 9.17) is 5.73 Å². The van der Waals surface area contributed by atoms with Crippen molar-refractivity contribution in [3.05, 3.63) is 35.4 Å². The predicted molar refractivity (Wildman–Crippen MR) is 66.2 cm³/mol. The summed E-state index contributed by atoms with van der Waals surface area (Å²) in [6, 6.07) is 7.71. The van der Waals surface area contributed by atoms with Crippen molar-refractivity contribution in [1.29, 1.82) is 0 Å². The molecule has 0 aliphatic heterocycles. The van der Waals surface area contributed by atoms with Crippen LogP contribution in [0.3, 0.4) is 0 Å². The topological polar surface area (TPSA) is 67.5 Å². The number of hydrogen-bond donors (Lipinski definition) is 2. The van der Waals surface area contributed by atoms with E-state index in [-0.39, 0.29) is 10.9 Å². The van der Waals surface area contributed by atoms with Gasteiger partial charge in [-0.05, 0) is 24.2 Å². The Morgan fingerprint density at radius 1 is 1.38 bits per heavy atom. The van der Waals surface area contributed by atoms with Gasteiger partial charge >= 0.3 is 0 Å². The average Bonchev–Trinajstić information content (AvgIpc) is 2.27. The van der Waals surface area contributed by atoms with E-state index in [1.54, 1.807) is 0 Å². The Labute approximate surface area is 98.5 Å². The van der Waals surface area contributed by atoms with Crippen molar-refractivity contribution in [2.75, 3.05) is 0 Å². The average molecular weight is 233 g/mol. The number of carbonyl (C=O) groups is 1. The van der Waals surface area contributed by atoms with Crippen molar-refractivity contribution in [2.45, 2.75) is 12.8 Å². The number of nitrogens with two attached hydrogens (primary N) is 1. The van der Waals surface area contributed by atoms with Crippen LogP contribution in [0.4, 0.5) is 0 Å². The molecule has 0 unspecified atom stereocenters. The fraction of sp³-hybridized carbons (Fsp3) is 0.182. The Kier molecular flexibility index (Phi) is 2.96. The van der Waals surface area contributed by atoms with Gasteiger partial charge in [0.05, 0.1) is 0 Å². The predicted octanol–water partition coefficient (Wildman–Crippen LogP) is 0.739. The zero-order valence-electron chi connectivity index (χ0n) is 8.56. The molecule has 1 aromatic rings. The number of hydrogen-bond acceptors (Lipinski definition) is 3. The maximum atomic E-state index is 11.7. The number of nitrogens with one attached hydrogen (secondary N) is 1. The van der Waals surface area contributed by atoms with Crippen LogP contribution in [0.1, 0.15) is 17.5 Å². The van der Waals surface area contributed by atoms with E-state index in [1.807, 2.05) is 24.3 Å². The second kappa shape index (κ2) is 4.40. The Morgan fingerprint density at radius 2 is 2.12 bits per heavy atom. The maximum Gasteiger partial charge on any atom is 0.184 e. The third-order valence-electron chi connectivity index (χ3n) is 2.44. The first kappa shape index (κ1) is 10.8. The molecule has 0 saturated carbocycles. The first-order chi connectivity index (χ1) is 7.68. The van der Waals surface area contributed by atoms with Gasteiger partial charge in [0.25, 0.3) is 0 Å². The molecular formula is C11H11N3OS. The second-order valence-corrected chi connectivity index (χ2v) is 3.96. The highest BCUT2D eigenvalue weighted by Gasteiger charge is 2.22. The molecule has 1 aromatic carbocycles. The summed E-state index contributed by atoms with van der Waals surface area (Å²) in [5.74, 6) is 0.0162. The normalized spacial score (nSPS) is 17.0. The largest absolute Gasteiger partial charge is 0.375 e. The van der Waals surface area contributed by atoms with E-state index in [0.29, 0.717) is 12.1 Å². The number of hydrazone groups is 1. The molecule has 0 heterocycles. The molecule has 3 N–H and O–H groups in total. The number of thiocarbonyl (C=S) groups is 1. The summed E-state index contributed by atoms with van der Waals surface area (Å²) in [7, 11) is 0. The van der Waals surface area contributed by atoms with E-state index >= 15 is 0 Å². The third-order valence-corrected chi connectivity index (χ3v) is 2.53. The number of rotatable bonds is 1. The summed E-state index contributed by atoms with van der Waals surface area (Å²) in [5, 5.41) is 4.01. The zero-order chi connectivity index (χ0) is 11.5. The molecule has 1 aliphatic carbocycles. The van der Waals surface area contributed by atoms with Gasteiger partial charge in [0, 0.05) is 12.0 Å². The molecular weight excluding hydrogens is 222 g/mol. The van der Waals surface area contributed by atoms with Crippen LogP contribution in [-0.4, -0.2) is 16.6 Å². The second-order valence-electron chi connectivity index (χ2n) is 3.52. The minimum atomic E-state index is 0.0162. The van der Waals surface area contributed by atoms with Crippen molar-refractivity contribution >= 4 is 28.8 Å². The van der Waals surface area contributed by atoms with E-state index in [9.17, 15) is 4.79 Å². The molecule has 0 radical (unpaired) electrons. The molecule has 0 aromatic heterocycles. The molecule has 2 rings (SSSR count). The van der Waals surface area contributed by atoms with Crippen LogP contribution in [0.5, 0.6) is 0 Å². The van der Waals surface area contributed by atoms with Crippen LogP contribution in [0, 0.1) is 0 Å². The van der Waals surface area contributed by atoms with Crippen LogP contribution in [0.25, 0.3) is 0 Å². The molecule has 0 bridgehead atoms. The van der Waals surface area contributed by atoms with Gasteiger partial charge in [-0.3, -0.25) is 10.2 Å². The minimum absolute atomic E-state index is 0.0162. The molecule has 5 heteroatoms. The number of ketones is 1. The Balaban J connectivity index is 2.40. The SMILES string of the molecule is NC(=S)N/N=C1\C(=O)CCc2ccccc21. The van der Waals surface area contributed by atoms with Crippen molar-refractivity contribution in [3.8, 4) is 0 Å². The smallest absolute Gasteiger partial charge is 0.184 e. The quantitative estimate of drug-likeness (QED) is 0.554. The van der Waals surface area contributed by atoms with Crippen LogP contribution in [-0.2, 0) is 11.2 Å². The monoisotopic (exact) mass is 233 g/mol. The van der Waals surface area contributed by atoms with Crippen molar-refractivity contribution in [1.82, 2.24) is 5.43 Å². The van der Waals surface area contributed by atoms with Crippen molar-refractivity contribution in [3.63, 3.8) is 0 Å². The molecule has 1 aliphatic rings. The number of fused-ring (bicyclic) bond motifs is 1. The lowest BCUT2D eigenvalue weighted by atomic mass is 9.89. The zero-order valence-corrected chi connectivity index (χ0v) is 9.38. The van der Waals surface area contributed by atoms with Gasteiger partial charge < -0.3 is 5.73 Å². The van der Waals surface area contributed by atoms with Gasteiger partial charge in [-0.2, -0.15) is 5.10 Å². The first-order valence-corrected chi connectivity index (χ1v) is 5.34. The van der Waals surface area contributed by atoms with Gasteiger partial charge in [-0.1, -0.05) is 24.3 Å². The van der Waals surface area contributed by atoms with Crippen LogP contribution < -0.4 is 11.2 Å². The van der Waals surface area contributed by atoms with Crippen LogP contribution >= 0.6 is 12.2 Å². The van der Waals surface area contributed by atoms with Crippen LogP contribution in [0.15, 0.2) is 29.4 Å². The van der Waals surface area contributed by atoms with E-state index in [2.05, 4.69) is 22.7 Å². The van der Waals surface area contributed by atoms with Gasteiger partial charge in [0.1, 0.15) is 5.71 Å². The summed E-state index contributed by atoms with van der Waals surface area (Å²) >= 11 is 4.65. The molecule has 0 fully saturated rings. The standard InChI is InChI=1S/C11H11N3OS/c12-11(16)14-13-10-8-4-2-1-3-7(8)5-6-9(10)15/h1-4H,5-6H2,(H3,12,14,16)/b13-10-. The van der Waals surface area contributed by atoms with Crippen molar-refractivity contribution < 1.29 is 4.79 Å². The summed E-state index contributed by atoms with van der Waals surface area (Å²) in [6.45, 7) is 0. The Hall–Kier alpha value is -1.75. The van der Waals surface area contributed by atoms with Gasteiger partial charge in [0.15, 0.2) is 10.9 Å². The summed E-state index contributed by atoms with van der Waals surface area (Å²) in [6.07, 6.45) is 1.25.